The summed E-state index contributed by atoms with van der Waals surface area (Å²) in [6.07, 6.45) is 3.28. The zero-order valence-corrected chi connectivity index (χ0v) is 19.0. The van der Waals surface area contributed by atoms with Crippen LogP contribution in [0.1, 0.15) is 44.1 Å². The SMILES string of the molecule is CCN1CCN(C(=O)c2cnc3c(-c4cncc(OC(C)F)c4)nn(C(C)C)c3c2)CC1. The van der Waals surface area contributed by atoms with Crippen molar-refractivity contribution in [3.8, 4) is 17.0 Å². The predicted molar refractivity (Wildman–Crippen MR) is 120 cm³/mol. The molecule has 1 aliphatic rings. The van der Waals surface area contributed by atoms with Gasteiger partial charge in [0.05, 0.1) is 17.3 Å². The summed E-state index contributed by atoms with van der Waals surface area (Å²) in [4.78, 5) is 26.1. The lowest BCUT2D eigenvalue weighted by molar-refractivity contribution is 0.0643. The monoisotopic (exact) mass is 440 g/mol. The van der Waals surface area contributed by atoms with E-state index in [4.69, 9.17) is 9.84 Å². The van der Waals surface area contributed by atoms with Gasteiger partial charge in [0.2, 0.25) is 6.36 Å². The summed E-state index contributed by atoms with van der Waals surface area (Å²) in [6, 6.07) is 3.62. The summed E-state index contributed by atoms with van der Waals surface area (Å²) in [5.74, 6) is 0.310. The lowest BCUT2D eigenvalue weighted by Gasteiger charge is -2.34. The number of ether oxygens (including phenoxy) is 1. The maximum absolute atomic E-state index is 13.3. The van der Waals surface area contributed by atoms with Crippen molar-refractivity contribution >= 4 is 16.9 Å². The van der Waals surface area contributed by atoms with E-state index in [0.29, 0.717) is 41.2 Å². The van der Waals surface area contributed by atoms with Gasteiger partial charge in [0, 0.05) is 57.1 Å². The van der Waals surface area contributed by atoms with Crippen molar-refractivity contribution in [3.05, 3.63) is 36.3 Å². The molecule has 0 aromatic carbocycles. The Labute approximate surface area is 187 Å². The standard InChI is InChI=1S/C23H29FN6O2/c1-5-28-6-8-29(9-7-28)23(31)18-11-20-22(26-13-18)21(27-30(20)15(2)3)17-10-19(14-25-12-17)32-16(4)24/h10-16H,5-9H2,1-4H3. The fourth-order valence-electron chi connectivity index (χ4n) is 3.97. The summed E-state index contributed by atoms with van der Waals surface area (Å²) in [7, 11) is 0. The van der Waals surface area contributed by atoms with E-state index in [0.717, 1.165) is 25.2 Å². The van der Waals surface area contributed by atoms with E-state index in [1.54, 1.807) is 18.5 Å². The number of hydrogen-bond acceptors (Lipinski definition) is 6. The number of fused-ring (bicyclic) bond motifs is 1. The predicted octanol–water partition coefficient (Wildman–Crippen LogP) is 3.55. The number of nitrogens with zero attached hydrogens (tertiary/aromatic N) is 6. The molecule has 0 bridgehead atoms. The molecule has 9 heteroatoms. The van der Waals surface area contributed by atoms with Crippen LogP contribution in [0.2, 0.25) is 0 Å². The van der Waals surface area contributed by atoms with E-state index < -0.39 is 6.36 Å². The number of hydrogen-bond donors (Lipinski definition) is 0. The van der Waals surface area contributed by atoms with Crippen LogP contribution >= 0.6 is 0 Å². The van der Waals surface area contributed by atoms with Gasteiger partial charge in [0.1, 0.15) is 17.0 Å². The maximum atomic E-state index is 13.3. The summed E-state index contributed by atoms with van der Waals surface area (Å²) in [6.45, 7) is 11.7. The molecule has 0 spiro atoms. The highest BCUT2D eigenvalue weighted by Gasteiger charge is 2.24. The number of halogens is 1. The number of aromatic nitrogens is 4. The van der Waals surface area contributed by atoms with Gasteiger partial charge < -0.3 is 14.5 Å². The minimum Gasteiger partial charge on any atom is -0.459 e. The van der Waals surface area contributed by atoms with Gasteiger partial charge in [0.15, 0.2) is 0 Å². The van der Waals surface area contributed by atoms with Gasteiger partial charge >= 0.3 is 0 Å². The Hall–Kier alpha value is -3.07. The van der Waals surface area contributed by atoms with Crippen LogP contribution in [0.4, 0.5) is 4.39 Å². The van der Waals surface area contributed by atoms with Gasteiger partial charge in [-0.2, -0.15) is 5.10 Å². The first kappa shape index (κ1) is 22.1. The molecule has 8 nitrogen and oxygen atoms in total. The average molecular weight is 441 g/mol. The van der Waals surface area contributed by atoms with Crippen LogP contribution in [-0.4, -0.2) is 74.5 Å². The fourth-order valence-corrected chi connectivity index (χ4v) is 3.97. The lowest BCUT2D eigenvalue weighted by atomic mass is 10.1. The molecule has 0 N–H and O–H groups in total. The van der Waals surface area contributed by atoms with Crippen LogP contribution in [0, 0.1) is 0 Å². The molecule has 170 valence electrons. The molecule has 4 rings (SSSR count). The van der Waals surface area contributed by atoms with Gasteiger partial charge in [0.25, 0.3) is 5.91 Å². The Morgan fingerprint density at radius 2 is 1.88 bits per heavy atom. The third-order valence-corrected chi connectivity index (χ3v) is 5.67. The molecular formula is C23H29FN6O2. The molecule has 1 aliphatic heterocycles. The Kier molecular flexibility index (Phi) is 6.36. The number of amides is 1. The largest absolute Gasteiger partial charge is 0.459 e. The van der Waals surface area contributed by atoms with Crippen LogP contribution in [-0.2, 0) is 0 Å². The molecule has 4 heterocycles. The van der Waals surface area contributed by atoms with Gasteiger partial charge in [-0.05, 0) is 32.5 Å². The molecule has 0 radical (unpaired) electrons. The average Bonchev–Trinajstić information content (AvgIpc) is 3.17. The Morgan fingerprint density at radius 3 is 2.53 bits per heavy atom. The van der Waals surface area contributed by atoms with E-state index in [2.05, 4.69) is 21.8 Å². The van der Waals surface area contributed by atoms with Gasteiger partial charge in [-0.3, -0.25) is 19.4 Å². The van der Waals surface area contributed by atoms with Crippen LogP contribution in [0.3, 0.4) is 0 Å². The number of pyridine rings is 2. The first-order valence-electron chi connectivity index (χ1n) is 11.0. The number of piperazine rings is 1. The molecule has 3 aromatic rings. The molecule has 1 unspecified atom stereocenters. The normalized spacial score (nSPS) is 16.0. The summed E-state index contributed by atoms with van der Waals surface area (Å²) < 4.78 is 20.3. The van der Waals surface area contributed by atoms with E-state index in [-0.39, 0.29) is 11.9 Å². The highest BCUT2D eigenvalue weighted by molar-refractivity contribution is 5.99. The molecule has 1 atom stereocenters. The van der Waals surface area contributed by atoms with Crippen LogP contribution in [0.25, 0.3) is 22.3 Å². The second-order valence-corrected chi connectivity index (χ2v) is 8.28. The number of likely N-dealkylation sites (N-methyl/N-ethyl adjacent to an activating group) is 1. The third-order valence-electron chi connectivity index (χ3n) is 5.67. The van der Waals surface area contributed by atoms with Crippen molar-refractivity contribution in [2.75, 3.05) is 32.7 Å². The second-order valence-electron chi connectivity index (χ2n) is 8.28. The highest BCUT2D eigenvalue weighted by Crippen LogP contribution is 2.30. The first-order valence-corrected chi connectivity index (χ1v) is 11.0. The topological polar surface area (TPSA) is 76.4 Å². The van der Waals surface area contributed by atoms with Crippen molar-refractivity contribution in [1.29, 1.82) is 0 Å². The second kappa shape index (κ2) is 9.20. The van der Waals surface area contributed by atoms with Crippen molar-refractivity contribution in [3.63, 3.8) is 0 Å². The zero-order valence-electron chi connectivity index (χ0n) is 19.0. The van der Waals surface area contributed by atoms with E-state index in [1.807, 2.05) is 29.5 Å². The molecule has 0 saturated carbocycles. The van der Waals surface area contributed by atoms with Gasteiger partial charge in [-0.15, -0.1) is 0 Å². The first-order chi connectivity index (χ1) is 15.4. The molecule has 3 aromatic heterocycles. The van der Waals surface area contributed by atoms with Crippen LogP contribution in [0.5, 0.6) is 5.75 Å². The molecule has 1 saturated heterocycles. The van der Waals surface area contributed by atoms with Gasteiger partial charge in [-0.25, -0.2) is 4.39 Å². The minimum absolute atomic E-state index is 0.0118. The number of rotatable bonds is 6. The Balaban J connectivity index is 1.70. The zero-order chi connectivity index (χ0) is 22.8. The maximum Gasteiger partial charge on any atom is 0.255 e. The van der Waals surface area contributed by atoms with Crippen molar-refractivity contribution in [2.45, 2.75) is 40.1 Å². The number of carbonyl (C=O) groups excluding carboxylic acids is 1. The summed E-state index contributed by atoms with van der Waals surface area (Å²) >= 11 is 0. The summed E-state index contributed by atoms with van der Waals surface area (Å²) in [5, 5.41) is 4.75. The number of alkyl halides is 1. The quantitative estimate of drug-likeness (QED) is 0.584. The van der Waals surface area contributed by atoms with E-state index in [9.17, 15) is 9.18 Å². The van der Waals surface area contributed by atoms with E-state index >= 15 is 0 Å². The van der Waals surface area contributed by atoms with Crippen LogP contribution < -0.4 is 4.74 Å². The highest BCUT2D eigenvalue weighted by atomic mass is 19.1. The Bertz CT molecular complexity index is 1110. The third kappa shape index (κ3) is 4.43. The lowest BCUT2D eigenvalue weighted by Crippen LogP contribution is -2.48. The molecule has 32 heavy (non-hydrogen) atoms. The molecule has 1 amide bonds. The van der Waals surface area contributed by atoms with Crippen molar-refractivity contribution < 1.29 is 13.9 Å². The van der Waals surface area contributed by atoms with Crippen molar-refractivity contribution in [1.82, 2.24) is 29.5 Å². The molecule has 1 fully saturated rings. The molecule has 0 aliphatic carbocycles. The smallest absolute Gasteiger partial charge is 0.255 e. The molecular weight excluding hydrogens is 411 g/mol. The van der Waals surface area contributed by atoms with Crippen molar-refractivity contribution in [2.24, 2.45) is 0 Å². The fraction of sp³-hybridized carbons (Fsp3) is 0.478. The van der Waals surface area contributed by atoms with E-state index in [1.165, 1.54) is 13.1 Å². The Morgan fingerprint density at radius 1 is 1.12 bits per heavy atom. The summed E-state index contributed by atoms with van der Waals surface area (Å²) in [5.41, 5.74) is 3.29. The van der Waals surface area contributed by atoms with Crippen LogP contribution in [0.15, 0.2) is 30.7 Å². The minimum atomic E-state index is -1.44. The van der Waals surface area contributed by atoms with Gasteiger partial charge in [-0.1, -0.05) is 6.92 Å². The number of carbonyl (C=O) groups is 1.